The SMILES string of the molecule is CCCC(=O)CCCC1(C(C)(C)C)c2ccc(C(=N)NO)c(C)c2CCN1C(=O)O. The maximum absolute atomic E-state index is 12.3. The maximum atomic E-state index is 12.3. The fourth-order valence-electron chi connectivity index (χ4n) is 5.02. The highest BCUT2D eigenvalue weighted by Gasteiger charge is 2.52. The molecule has 0 fully saturated rings. The Morgan fingerprint density at radius 1 is 1.27 bits per heavy atom. The van der Waals surface area contributed by atoms with Gasteiger partial charge in [-0.3, -0.25) is 25.8 Å². The molecule has 166 valence electrons. The first-order valence-electron chi connectivity index (χ1n) is 10.7. The molecule has 0 spiro atoms. The maximum Gasteiger partial charge on any atom is 0.408 e. The van der Waals surface area contributed by atoms with Crippen LogP contribution in [0.15, 0.2) is 12.1 Å². The molecule has 1 aliphatic heterocycles. The summed E-state index contributed by atoms with van der Waals surface area (Å²) in [7, 11) is 0. The quantitative estimate of drug-likeness (QED) is 0.294. The summed E-state index contributed by atoms with van der Waals surface area (Å²) in [6, 6.07) is 3.67. The van der Waals surface area contributed by atoms with Crippen molar-refractivity contribution in [2.45, 2.75) is 78.7 Å². The zero-order valence-electron chi connectivity index (χ0n) is 18.8. The van der Waals surface area contributed by atoms with Crippen molar-refractivity contribution in [1.29, 1.82) is 5.41 Å². The highest BCUT2D eigenvalue weighted by Crippen LogP contribution is 2.52. The van der Waals surface area contributed by atoms with Crippen LogP contribution in [-0.4, -0.2) is 39.5 Å². The topological polar surface area (TPSA) is 114 Å². The molecule has 1 aliphatic rings. The number of amidine groups is 1. The summed E-state index contributed by atoms with van der Waals surface area (Å²) >= 11 is 0. The van der Waals surface area contributed by atoms with Crippen LogP contribution in [0.3, 0.4) is 0 Å². The number of nitrogens with zero attached hydrogens (tertiary/aromatic N) is 1. The van der Waals surface area contributed by atoms with E-state index in [1.807, 2.05) is 46.2 Å². The number of amides is 1. The molecule has 0 bridgehead atoms. The first kappa shape index (κ1) is 23.9. The van der Waals surface area contributed by atoms with Crippen LogP contribution in [-0.2, 0) is 16.8 Å². The molecular weight excluding hydrogens is 382 g/mol. The second-order valence-corrected chi connectivity index (χ2v) is 9.19. The van der Waals surface area contributed by atoms with Crippen LogP contribution in [0.25, 0.3) is 0 Å². The van der Waals surface area contributed by atoms with E-state index in [4.69, 9.17) is 5.41 Å². The third kappa shape index (κ3) is 4.21. The normalized spacial score (nSPS) is 18.7. The molecule has 0 saturated heterocycles. The Bertz CT molecular complexity index is 828. The largest absolute Gasteiger partial charge is 0.465 e. The number of ketones is 1. The van der Waals surface area contributed by atoms with E-state index in [-0.39, 0.29) is 11.6 Å². The van der Waals surface area contributed by atoms with Crippen molar-refractivity contribution >= 4 is 17.7 Å². The number of carbonyl (C=O) groups excluding carboxylic acids is 1. The number of Topliss-reactive ketones (excluding diaryl/α,β-unsaturated/α-hetero) is 1. The molecule has 1 atom stereocenters. The third-order valence-corrected chi connectivity index (χ3v) is 6.47. The molecule has 0 saturated carbocycles. The van der Waals surface area contributed by atoms with E-state index in [0.717, 1.165) is 23.1 Å². The zero-order chi connectivity index (χ0) is 22.7. The molecule has 1 aromatic carbocycles. The van der Waals surface area contributed by atoms with Gasteiger partial charge in [-0.05, 0) is 54.7 Å². The number of hydrogen-bond acceptors (Lipinski definition) is 4. The van der Waals surface area contributed by atoms with E-state index >= 15 is 0 Å². The fourth-order valence-corrected chi connectivity index (χ4v) is 5.02. The molecular formula is C23H35N3O4. The Hall–Kier alpha value is -2.41. The van der Waals surface area contributed by atoms with Crippen LogP contribution in [0, 0.1) is 17.7 Å². The molecule has 7 heteroatoms. The molecule has 1 aromatic rings. The van der Waals surface area contributed by atoms with Crippen molar-refractivity contribution in [3.8, 4) is 0 Å². The van der Waals surface area contributed by atoms with Gasteiger partial charge in [0.15, 0.2) is 0 Å². The van der Waals surface area contributed by atoms with Crippen molar-refractivity contribution in [2.24, 2.45) is 5.41 Å². The van der Waals surface area contributed by atoms with Crippen LogP contribution < -0.4 is 5.48 Å². The Morgan fingerprint density at radius 2 is 1.93 bits per heavy atom. The lowest BCUT2D eigenvalue weighted by molar-refractivity contribution is -0.119. The standard InChI is InChI=1S/C23H35N3O4/c1-6-8-16(27)9-7-13-23(22(3,4)5)19-11-10-18(20(24)25-30)15(2)17(19)12-14-26(23)21(28)29/h10-11,30H,6-9,12-14H2,1-5H3,(H2,24,25)(H,28,29). The van der Waals surface area contributed by atoms with Crippen LogP contribution >= 0.6 is 0 Å². The van der Waals surface area contributed by atoms with Crippen LogP contribution in [0.4, 0.5) is 4.79 Å². The predicted molar refractivity (Wildman–Crippen MR) is 116 cm³/mol. The number of carbonyl (C=O) groups is 2. The number of fused-ring (bicyclic) bond motifs is 1. The number of carboxylic acid groups (broad SMARTS) is 1. The molecule has 0 aliphatic carbocycles. The number of hydrogen-bond donors (Lipinski definition) is 4. The minimum Gasteiger partial charge on any atom is -0.465 e. The number of benzene rings is 1. The summed E-state index contributed by atoms with van der Waals surface area (Å²) in [6.45, 7) is 10.4. The van der Waals surface area contributed by atoms with E-state index < -0.39 is 17.0 Å². The lowest BCUT2D eigenvalue weighted by Crippen LogP contribution is -2.59. The van der Waals surface area contributed by atoms with Crippen molar-refractivity contribution < 1.29 is 19.9 Å². The molecule has 1 heterocycles. The van der Waals surface area contributed by atoms with Gasteiger partial charge in [0.1, 0.15) is 11.6 Å². The third-order valence-electron chi connectivity index (χ3n) is 6.47. The Morgan fingerprint density at radius 3 is 2.47 bits per heavy atom. The van der Waals surface area contributed by atoms with Crippen LogP contribution in [0.1, 0.15) is 82.1 Å². The Balaban J connectivity index is 2.62. The monoisotopic (exact) mass is 417 g/mol. The lowest BCUT2D eigenvalue weighted by Gasteiger charge is -2.55. The summed E-state index contributed by atoms with van der Waals surface area (Å²) in [4.78, 5) is 26.0. The highest BCUT2D eigenvalue weighted by atomic mass is 16.5. The van der Waals surface area contributed by atoms with E-state index in [9.17, 15) is 19.9 Å². The predicted octanol–water partition coefficient (Wildman–Crippen LogP) is 4.62. The van der Waals surface area contributed by atoms with Gasteiger partial charge >= 0.3 is 6.09 Å². The molecule has 4 N–H and O–H groups in total. The summed E-state index contributed by atoms with van der Waals surface area (Å²) in [5.41, 5.74) is 4.16. The van der Waals surface area contributed by atoms with Gasteiger partial charge in [-0.15, -0.1) is 0 Å². The van der Waals surface area contributed by atoms with Crippen LogP contribution in [0.5, 0.6) is 0 Å². The molecule has 2 rings (SSSR count). The first-order chi connectivity index (χ1) is 14.0. The summed E-state index contributed by atoms with van der Waals surface area (Å²) in [5, 5.41) is 27.2. The molecule has 1 amide bonds. The first-order valence-corrected chi connectivity index (χ1v) is 10.7. The van der Waals surface area contributed by atoms with Crippen molar-refractivity contribution in [3.63, 3.8) is 0 Å². The summed E-state index contributed by atoms with van der Waals surface area (Å²) < 4.78 is 0. The van der Waals surface area contributed by atoms with Gasteiger partial charge in [-0.25, -0.2) is 4.79 Å². The summed E-state index contributed by atoms with van der Waals surface area (Å²) in [6.07, 6.45) is 2.59. The fraction of sp³-hybridized carbons (Fsp3) is 0.609. The van der Waals surface area contributed by atoms with Gasteiger partial charge in [0.2, 0.25) is 0 Å². The van der Waals surface area contributed by atoms with E-state index in [1.165, 1.54) is 0 Å². The van der Waals surface area contributed by atoms with Crippen LogP contribution in [0.2, 0.25) is 0 Å². The van der Waals surface area contributed by atoms with E-state index in [2.05, 4.69) is 0 Å². The van der Waals surface area contributed by atoms with Crippen molar-refractivity contribution in [2.75, 3.05) is 6.54 Å². The molecule has 7 nitrogen and oxygen atoms in total. The minimum atomic E-state index is -0.957. The van der Waals surface area contributed by atoms with Gasteiger partial charge in [0.05, 0.1) is 5.54 Å². The molecule has 0 radical (unpaired) electrons. The molecule has 0 aromatic heterocycles. The average molecular weight is 418 g/mol. The van der Waals surface area contributed by atoms with Crippen molar-refractivity contribution in [3.05, 3.63) is 34.4 Å². The second-order valence-electron chi connectivity index (χ2n) is 9.19. The molecule has 30 heavy (non-hydrogen) atoms. The van der Waals surface area contributed by atoms with Gasteiger partial charge in [-0.1, -0.05) is 39.8 Å². The molecule has 1 unspecified atom stereocenters. The Kier molecular flexibility index (Phi) is 7.29. The van der Waals surface area contributed by atoms with Gasteiger partial charge in [0.25, 0.3) is 0 Å². The smallest absolute Gasteiger partial charge is 0.408 e. The van der Waals surface area contributed by atoms with Gasteiger partial charge in [0, 0.05) is 24.9 Å². The van der Waals surface area contributed by atoms with Gasteiger partial charge < -0.3 is 5.11 Å². The lowest BCUT2D eigenvalue weighted by atomic mass is 9.62. The number of rotatable bonds is 7. The number of nitrogens with one attached hydrogen (secondary N) is 2. The highest BCUT2D eigenvalue weighted by molar-refractivity contribution is 5.97. The van der Waals surface area contributed by atoms with Gasteiger partial charge in [-0.2, -0.15) is 0 Å². The number of hydroxylamine groups is 1. The summed E-state index contributed by atoms with van der Waals surface area (Å²) in [5.74, 6) is 0.135. The van der Waals surface area contributed by atoms with E-state index in [1.54, 1.807) is 11.0 Å². The van der Waals surface area contributed by atoms with E-state index in [0.29, 0.717) is 44.2 Å². The Labute approximate surface area is 178 Å². The zero-order valence-corrected chi connectivity index (χ0v) is 18.8. The van der Waals surface area contributed by atoms with Crippen molar-refractivity contribution in [1.82, 2.24) is 10.4 Å². The minimum absolute atomic E-state index is 0.0810. The average Bonchev–Trinajstić information content (AvgIpc) is 2.66. The second kappa shape index (κ2) is 9.16.